The molecule has 1 aromatic rings. The van der Waals surface area contributed by atoms with E-state index in [0.29, 0.717) is 0 Å². The molecule has 0 nitrogen and oxygen atoms in total. The quantitative estimate of drug-likeness (QED) is 0.655. The van der Waals surface area contributed by atoms with Crippen LogP contribution in [-0.4, -0.2) is 8.07 Å². The summed E-state index contributed by atoms with van der Waals surface area (Å²) in [6, 6.07) is 2.14. The maximum Gasteiger partial charge on any atom is 0.0865 e. The minimum Gasteiger partial charge on any atom is -0.136 e. The highest BCUT2D eigenvalue weighted by Gasteiger charge is 2.17. The fraction of sp³-hybridized carbons (Fsp3) is 0.333. The molecule has 0 atom stereocenters. The van der Waals surface area contributed by atoms with E-state index in [0.717, 1.165) is 0 Å². The highest BCUT2D eigenvalue weighted by Crippen LogP contribution is 2.29. The number of thiophene rings is 1. The van der Waals surface area contributed by atoms with Gasteiger partial charge in [-0.3, -0.25) is 0 Å². The van der Waals surface area contributed by atoms with Gasteiger partial charge >= 0.3 is 0 Å². The Bertz CT molecular complexity index is 323. The normalized spacial score (nSPS) is 13.5. The summed E-state index contributed by atoms with van der Waals surface area (Å²) in [5.41, 5.74) is 1.28. The van der Waals surface area contributed by atoms with E-state index in [-0.39, 0.29) is 0 Å². The van der Waals surface area contributed by atoms with Crippen LogP contribution >= 0.6 is 43.2 Å². The second-order valence-electron chi connectivity index (χ2n) is 3.89. The standard InChI is InChI=1S/C9H12Br2SSi/c1-13(2,3)8(10)6-7-4-5-12-9(7)11/h4-6H,1-3H3/b8-6+. The highest BCUT2D eigenvalue weighted by atomic mass is 79.9. The third-order valence-electron chi connectivity index (χ3n) is 1.64. The van der Waals surface area contributed by atoms with Crippen LogP contribution in [-0.2, 0) is 0 Å². The summed E-state index contributed by atoms with van der Waals surface area (Å²) in [7, 11) is -1.18. The average Bonchev–Trinajstić information content (AvgIpc) is 2.34. The molecule has 0 amide bonds. The summed E-state index contributed by atoms with van der Waals surface area (Å²) in [6.07, 6.45) is 2.23. The molecule has 0 N–H and O–H groups in total. The van der Waals surface area contributed by atoms with Crippen LogP contribution in [0.5, 0.6) is 0 Å². The Morgan fingerprint density at radius 1 is 1.46 bits per heavy atom. The topological polar surface area (TPSA) is 0 Å². The third kappa shape index (κ3) is 3.35. The lowest BCUT2D eigenvalue weighted by Crippen LogP contribution is -2.19. The molecular weight excluding hydrogens is 328 g/mol. The van der Waals surface area contributed by atoms with Crippen LogP contribution in [0, 0.1) is 0 Å². The minimum absolute atomic E-state index is 1.18. The van der Waals surface area contributed by atoms with Gasteiger partial charge in [-0.25, -0.2) is 0 Å². The van der Waals surface area contributed by atoms with Gasteiger partial charge in [-0.1, -0.05) is 35.6 Å². The van der Waals surface area contributed by atoms with Crippen molar-refractivity contribution in [3.63, 3.8) is 0 Å². The predicted octanol–water partition coefficient (Wildman–Crippen LogP) is 5.12. The molecule has 13 heavy (non-hydrogen) atoms. The van der Waals surface area contributed by atoms with E-state index in [1.54, 1.807) is 11.3 Å². The van der Waals surface area contributed by atoms with Crippen LogP contribution in [0.25, 0.3) is 6.08 Å². The van der Waals surface area contributed by atoms with Crippen LogP contribution in [0.3, 0.4) is 0 Å². The van der Waals surface area contributed by atoms with E-state index in [1.165, 1.54) is 13.5 Å². The molecule has 0 spiro atoms. The summed E-state index contributed by atoms with van der Waals surface area (Å²) in [5.74, 6) is 0. The number of rotatable bonds is 2. The maximum atomic E-state index is 3.66. The summed E-state index contributed by atoms with van der Waals surface area (Å²) in [4.78, 5) is 0. The Morgan fingerprint density at radius 3 is 2.46 bits per heavy atom. The van der Waals surface area contributed by atoms with Crippen LogP contribution in [0.15, 0.2) is 19.3 Å². The molecule has 0 aliphatic carbocycles. The molecule has 1 aromatic heterocycles. The molecule has 0 aromatic carbocycles. The Balaban J connectivity index is 2.96. The molecule has 4 heteroatoms. The lowest BCUT2D eigenvalue weighted by Gasteiger charge is -2.14. The summed E-state index contributed by atoms with van der Waals surface area (Å²) < 4.78 is 2.57. The van der Waals surface area contributed by atoms with Crippen LogP contribution in [0.4, 0.5) is 0 Å². The highest BCUT2D eigenvalue weighted by molar-refractivity contribution is 9.12. The second kappa shape index (κ2) is 4.42. The van der Waals surface area contributed by atoms with Gasteiger partial charge in [0.2, 0.25) is 0 Å². The molecule has 0 radical (unpaired) electrons. The molecule has 1 heterocycles. The van der Waals surface area contributed by atoms with Gasteiger partial charge in [-0.05, 0) is 43.1 Å². The number of hydrogen-bond donors (Lipinski definition) is 0. The molecular formula is C9H12Br2SSi. The molecule has 0 bridgehead atoms. The smallest absolute Gasteiger partial charge is 0.0865 e. The van der Waals surface area contributed by atoms with Crippen molar-refractivity contribution < 1.29 is 0 Å². The van der Waals surface area contributed by atoms with Gasteiger partial charge in [-0.2, -0.15) is 0 Å². The number of halogens is 2. The van der Waals surface area contributed by atoms with Crippen molar-refractivity contribution in [2.75, 3.05) is 0 Å². The first kappa shape index (κ1) is 11.7. The largest absolute Gasteiger partial charge is 0.136 e. The molecule has 0 aliphatic heterocycles. The first-order valence-corrected chi connectivity index (χ1v) is 9.98. The monoisotopic (exact) mass is 338 g/mol. The van der Waals surface area contributed by atoms with Crippen molar-refractivity contribution in [3.8, 4) is 0 Å². The van der Waals surface area contributed by atoms with E-state index in [9.17, 15) is 0 Å². The zero-order valence-electron chi connectivity index (χ0n) is 7.90. The molecule has 1 rings (SSSR count). The van der Waals surface area contributed by atoms with Gasteiger partial charge in [0.15, 0.2) is 0 Å². The van der Waals surface area contributed by atoms with Crippen molar-refractivity contribution in [1.82, 2.24) is 0 Å². The summed E-state index contributed by atoms with van der Waals surface area (Å²) >= 11 is 8.91. The average molecular weight is 340 g/mol. The Kier molecular flexibility index (Phi) is 3.98. The molecule has 0 saturated heterocycles. The Hall–Kier alpha value is 0.617. The van der Waals surface area contributed by atoms with Crippen molar-refractivity contribution >= 4 is 57.3 Å². The summed E-state index contributed by atoms with van der Waals surface area (Å²) in [5, 5.41) is 2.10. The van der Waals surface area contributed by atoms with E-state index in [4.69, 9.17) is 0 Å². The molecule has 0 unspecified atom stereocenters. The molecule has 0 fully saturated rings. The van der Waals surface area contributed by atoms with Crippen molar-refractivity contribution in [3.05, 3.63) is 24.9 Å². The Labute approximate surface area is 101 Å². The lowest BCUT2D eigenvalue weighted by atomic mass is 10.3. The van der Waals surface area contributed by atoms with Crippen molar-refractivity contribution in [1.29, 1.82) is 0 Å². The van der Waals surface area contributed by atoms with Crippen LogP contribution in [0.2, 0.25) is 19.6 Å². The van der Waals surface area contributed by atoms with E-state index < -0.39 is 8.07 Å². The maximum absolute atomic E-state index is 3.66. The van der Waals surface area contributed by atoms with E-state index >= 15 is 0 Å². The fourth-order valence-electron chi connectivity index (χ4n) is 0.759. The molecule has 72 valence electrons. The fourth-order valence-corrected chi connectivity index (χ4v) is 2.76. The van der Waals surface area contributed by atoms with E-state index in [1.807, 2.05) is 0 Å². The molecule has 0 saturated carbocycles. The van der Waals surface area contributed by atoms with Crippen molar-refractivity contribution in [2.24, 2.45) is 0 Å². The second-order valence-corrected chi connectivity index (χ2v) is 12.8. The van der Waals surface area contributed by atoms with Crippen LogP contribution in [0.1, 0.15) is 5.56 Å². The lowest BCUT2D eigenvalue weighted by molar-refractivity contribution is 1.74. The van der Waals surface area contributed by atoms with Gasteiger partial charge in [0.1, 0.15) is 0 Å². The van der Waals surface area contributed by atoms with Crippen molar-refractivity contribution in [2.45, 2.75) is 19.6 Å². The first-order chi connectivity index (χ1) is 5.91. The first-order valence-electron chi connectivity index (χ1n) is 4.02. The van der Waals surface area contributed by atoms with Gasteiger partial charge < -0.3 is 0 Å². The zero-order valence-corrected chi connectivity index (χ0v) is 12.9. The third-order valence-corrected chi connectivity index (χ3v) is 8.75. The van der Waals surface area contributed by atoms with E-state index in [2.05, 4.69) is 69.0 Å². The Morgan fingerprint density at radius 2 is 2.08 bits per heavy atom. The van der Waals surface area contributed by atoms with Gasteiger partial charge in [0.25, 0.3) is 0 Å². The van der Waals surface area contributed by atoms with Gasteiger partial charge in [0, 0.05) is 0 Å². The molecule has 0 aliphatic rings. The SMILES string of the molecule is C[Si](C)(C)/C(Br)=C/c1ccsc1Br. The zero-order chi connectivity index (χ0) is 10.1. The van der Waals surface area contributed by atoms with Gasteiger partial charge in [-0.15, -0.1) is 11.3 Å². The number of hydrogen-bond acceptors (Lipinski definition) is 1. The summed E-state index contributed by atoms with van der Waals surface area (Å²) in [6.45, 7) is 6.98. The predicted molar refractivity (Wildman–Crippen MR) is 72.3 cm³/mol. The van der Waals surface area contributed by atoms with Crippen LogP contribution < -0.4 is 0 Å². The minimum atomic E-state index is -1.18. The van der Waals surface area contributed by atoms with Gasteiger partial charge in [0.05, 0.1) is 11.9 Å².